The zero-order chi connectivity index (χ0) is 14.4. The summed E-state index contributed by atoms with van der Waals surface area (Å²) in [6.45, 7) is 0.212. The lowest BCUT2D eigenvalue weighted by atomic mass is 10.2. The first kappa shape index (κ1) is 14.4. The molecule has 0 aromatic carbocycles. The van der Waals surface area contributed by atoms with Crippen molar-refractivity contribution in [3.05, 3.63) is 27.9 Å². The number of nitrogens with one attached hydrogen (secondary N) is 1. The van der Waals surface area contributed by atoms with Crippen LogP contribution in [0.1, 0.15) is 23.2 Å². The molecule has 5 N–H and O–H groups in total. The monoisotopic (exact) mass is 267 g/mol. The molecule has 0 fully saturated rings. The summed E-state index contributed by atoms with van der Waals surface area (Å²) in [5.41, 5.74) is 10.0. The number of primary amides is 1. The second-order valence-corrected chi connectivity index (χ2v) is 3.71. The number of amides is 2. The summed E-state index contributed by atoms with van der Waals surface area (Å²) < 4.78 is 0. The van der Waals surface area contributed by atoms with Crippen LogP contribution in [0.2, 0.25) is 0 Å². The van der Waals surface area contributed by atoms with Crippen molar-refractivity contribution >= 4 is 23.3 Å². The highest BCUT2D eigenvalue weighted by atomic mass is 16.6. The quantitative estimate of drug-likeness (QED) is 0.361. The fraction of sp³-hybridized carbons (Fsp3) is 0.300. The van der Waals surface area contributed by atoms with Crippen molar-refractivity contribution in [3.63, 3.8) is 0 Å². The van der Waals surface area contributed by atoms with Crippen molar-refractivity contribution in [1.82, 2.24) is 10.3 Å². The summed E-state index contributed by atoms with van der Waals surface area (Å²) in [4.78, 5) is 35.7. The molecule has 0 aliphatic rings. The molecule has 9 heteroatoms. The minimum atomic E-state index is -0.670. The standard InChI is InChI=1S/C10H13N5O4/c11-8(16)2-1-3-13-10(17)7-4-6(15(18)19)5-14-9(7)12/h4-5H,1-3H2,(H2,11,16)(H2,12,14)(H,13,17). The second-order valence-electron chi connectivity index (χ2n) is 3.71. The molecule has 0 bridgehead atoms. The van der Waals surface area contributed by atoms with Gasteiger partial charge in [-0.25, -0.2) is 4.98 Å². The number of hydrogen-bond acceptors (Lipinski definition) is 6. The van der Waals surface area contributed by atoms with Crippen molar-refractivity contribution < 1.29 is 14.5 Å². The predicted octanol–water partition coefficient (Wildman–Crippen LogP) is -0.433. The highest BCUT2D eigenvalue weighted by molar-refractivity contribution is 5.98. The van der Waals surface area contributed by atoms with E-state index >= 15 is 0 Å². The lowest BCUT2D eigenvalue weighted by Crippen LogP contribution is -2.26. The Kier molecular flexibility index (Phi) is 4.75. The normalized spacial score (nSPS) is 9.89. The van der Waals surface area contributed by atoms with Gasteiger partial charge in [-0.1, -0.05) is 0 Å². The van der Waals surface area contributed by atoms with E-state index in [1.54, 1.807) is 0 Å². The maximum absolute atomic E-state index is 11.7. The number of nitrogens with zero attached hydrogens (tertiary/aromatic N) is 2. The molecule has 0 atom stereocenters. The average Bonchev–Trinajstić information content (AvgIpc) is 2.34. The van der Waals surface area contributed by atoms with E-state index < -0.39 is 16.7 Å². The first-order valence-electron chi connectivity index (χ1n) is 5.38. The fourth-order valence-electron chi connectivity index (χ4n) is 1.31. The van der Waals surface area contributed by atoms with Gasteiger partial charge < -0.3 is 16.8 Å². The smallest absolute Gasteiger partial charge is 0.288 e. The summed E-state index contributed by atoms with van der Waals surface area (Å²) in [5, 5.41) is 13.0. The zero-order valence-electron chi connectivity index (χ0n) is 9.96. The zero-order valence-corrected chi connectivity index (χ0v) is 9.96. The van der Waals surface area contributed by atoms with Crippen LogP contribution >= 0.6 is 0 Å². The molecular weight excluding hydrogens is 254 g/mol. The number of rotatable bonds is 6. The van der Waals surface area contributed by atoms with Crippen LogP contribution in [-0.2, 0) is 4.79 Å². The molecular formula is C10H13N5O4. The summed E-state index contributed by atoms with van der Waals surface area (Å²) in [6, 6.07) is 1.05. The number of aromatic nitrogens is 1. The molecule has 9 nitrogen and oxygen atoms in total. The molecule has 0 saturated heterocycles. The van der Waals surface area contributed by atoms with Gasteiger partial charge >= 0.3 is 0 Å². The first-order valence-corrected chi connectivity index (χ1v) is 5.38. The predicted molar refractivity (Wildman–Crippen MR) is 66.1 cm³/mol. The molecule has 19 heavy (non-hydrogen) atoms. The molecule has 102 valence electrons. The highest BCUT2D eigenvalue weighted by Crippen LogP contribution is 2.16. The van der Waals surface area contributed by atoms with E-state index in [1.165, 1.54) is 0 Å². The Labute approximate surface area is 108 Å². The van der Waals surface area contributed by atoms with Gasteiger partial charge in [-0.2, -0.15) is 0 Å². The van der Waals surface area contributed by atoms with E-state index in [9.17, 15) is 19.7 Å². The lowest BCUT2D eigenvalue weighted by molar-refractivity contribution is -0.385. The van der Waals surface area contributed by atoms with E-state index in [-0.39, 0.29) is 30.0 Å². The molecule has 0 aliphatic heterocycles. The van der Waals surface area contributed by atoms with Crippen LogP contribution in [0, 0.1) is 10.1 Å². The third kappa shape index (κ3) is 4.22. The summed E-state index contributed by atoms with van der Waals surface area (Å²) in [7, 11) is 0. The number of nitro groups is 1. The van der Waals surface area contributed by atoms with Crippen LogP contribution in [0.3, 0.4) is 0 Å². The minimum absolute atomic E-state index is 0.0757. The topological polar surface area (TPSA) is 154 Å². The van der Waals surface area contributed by atoms with Gasteiger partial charge in [0.15, 0.2) is 0 Å². The van der Waals surface area contributed by atoms with Gasteiger partial charge in [0.25, 0.3) is 11.6 Å². The van der Waals surface area contributed by atoms with Gasteiger partial charge in [0.05, 0.1) is 10.5 Å². The van der Waals surface area contributed by atoms with Gasteiger partial charge in [-0.05, 0) is 6.42 Å². The third-order valence-corrected chi connectivity index (χ3v) is 2.25. The molecule has 0 saturated carbocycles. The minimum Gasteiger partial charge on any atom is -0.383 e. The fourth-order valence-corrected chi connectivity index (χ4v) is 1.31. The van der Waals surface area contributed by atoms with Crippen LogP contribution in [-0.4, -0.2) is 28.3 Å². The van der Waals surface area contributed by atoms with Crippen LogP contribution in [0.5, 0.6) is 0 Å². The van der Waals surface area contributed by atoms with E-state index in [0.29, 0.717) is 6.42 Å². The summed E-state index contributed by atoms with van der Waals surface area (Å²) >= 11 is 0. The van der Waals surface area contributed by atoms with E-state index in [0.717, 1.165) is 12.3 Å². The van der Waals surface area contributed by atoms with Crippen molar-refractivity contribution in [2.45, 2.75) is 12.8 Å². The summed E-state index contributed by atoms with van der Waals surface area (Å²) in [5.74, 6) is -1.15. The number of nitrogen functional groups attached to an aromatic ring is 1. The van der Waals surface area contributed by atoms with Gasteiger partial charge in [0.2, 0.25) is 5.91 Å². The maximum atomic E-state index is 11.7. The van der Waals surface area contributed by atoms with Gasteiger partial charge in [0, 0.05) is 19.0 Å². The van der Waals surface area contributed by atoms with Crippen LogP contribution in [0.4, 0.5) is 11.5 Å². The number of pyridine rings is 1. The van der Waals surface area contributed by atoms with Gasteiger partial charge in [-0.15, -0.1) is 0 Å². The molecule has 1 aromatic heterocycles. The van der Waals surface area contributed by atoms with Crippen molar-refractivity contribution in [3.8, 4) is 0 Å². The van der Waals surface area contributed by atoms with Crippen LogP contribution in [0.15, 0.2) is 12.3 Å². The number of nitrogens with two attached hydrogens (primary N) is 2. The highest BCUT2D eigenvalue weighted by Gasteiger charge is 2.16. The van der Waals surface area contributed by atoms with Gasteiger partial charge in [-0.3, -0.25) is 19.7 Å². The molecule has 1 heterocycles. The Morgan fingerprint density at radius 3 is 2.74 bits per heavy atom. The Hall–Kier alpha value is -2.71. The Morgan fingerprint density at radius 2 is 2.16 bits per heavy atom. The molecule has 1 rings (SSSR count). The van der Waals surface area contributed by atoms with E-state index in [4.69, 9.17) is 11.5 Å². The number of hydrogen-bond donors (Lipinski definition) is 3. The van der Waals surface area contributed by atoms with Crippen molar-refractivity contribution in [2.75, 3.05) is 12.3 Å². The molecule has 0 spiro atoms. The molecule has 2 amide bonds. The number of anilines is 1. The maximum Gasteiger partial charge on any atom is 0.288 e. The van der Waals surface area contributed by atoms with E-state index in [1.807, 2.05) is 0 Å². The summed E-state index contributed by atoms with van der Waals surface area (Å²) in [6.07, 6.45) is 1.49. The number of carbonyl (C=O) groups excluding carboxylic acids is 2. The third-order valence-electron chi connectivity index (χ3n) is 2.25. The number of carbonyl (C=O) groups is 2. The first-order chi connectivity index (χ1) is 8.91. The lowest BCUT2D eigenvalue weighted by Gasteiger charge is -2.06. The Balaban J connectivity index is 2.68. The van der Waals surface area contributed by atoms with Crippen molar-refractivity contribution in [1.29, 1.82) is 0 Å². The largest absolute Gasteiger partial charge is 0.383 e. The Morgan fingerprint density at radius 1 is 1.47 bits per heavy atom. The molecule has 0 aliphatic carbocycles. The second kappa shape index (κ2) is 6.28. The van der Waals surface area contributed by atoms with Crippen molar-refractivity contribution in [2.24, 2.45) is 5.73 Å². The molecule has 0 radical (unpaired) electrons. The molecule has 1 aromatic rings. The SMILES string of the molecule is NC(=O)CCCNC(=O)c1cc([N+](=O)[O-])cnc1N. The van der Waals surface area contributed by atoms with Gasteiger partial charge in [0.1, 0.15) is 12.0 Å². The van der Waals surface area contributed by atoms with Crippen LogP contribution in [0.25, 0.3) is 0 Å². The Bertz CT molecular complexity index is 517. The van der Waals surface area contributed by atoms with Crippen LogP contribution < -0.4 is 16.8 Å². The van der Waals surface area contributed by atoms with E-state index in [2.05, 4.69) is 10.3 Å². The molecule has 0 unspecified atom stereocenters. The average molecular weight is 267 g/mol.